The summed E-state index contributed by atoms with van der Waals surface area (Å²) >= 11 is 3.16. The van der Waals surface area contributed by atoms with Gasteiger partial charge in [0.25, 0.3) is 5.91 Å². The molecule has 0 spiro atoms. The van der Waals surface area contributed by atoms with Gasteiger partial charge in [0.2, 0.25) is 0 Å². The van der Waals surface area contributed by atoms with Crippen LogP contribution in [0.2, 0.25) is 0 Å². The zero-order valence-electron chi connectivity index (χ0n) is 14.6. The van der Waals surface area contributed by atoms with E-state index < -0.39 is 22.5 Å². The predicted molar refractivity (Wildman–Crippen MR) is 99.3 cm³/mol. The molecule has 3 rings (SSSR count). The van der Waals surface area contributed by atoms with Crippen molar-refractivity contribution in [1.29, 1.82) is 0 Å². The van der Waals surface area contributed by atoms with Crippen molar-refractivity contribution < 1.29 is 22.8 Å². The summed E-state index contributed by atoms with van der Waals surface area (Å²) in [5.74, 6) is -0.0562. The van der Waals surface area contributed by atoms with Crippen LogP contribution in [0.3, 0.4) is 0 Å². The predicted octanol–water partition coefficient (Wildman–Crippen LogP) is 3.09. The molecule has 148 valence electrons. The van der Waals surface area contributed by atoms with Crippen molar-refractivity contribution in [1.82, 2.24) is 15.1 Å². The number of benzene rings is 1. The fourth-order valence-electron chi connectivity index (χ4n) is 2.95. The van der Waals surface area contributed by atoms with Gasteiger partial charge < -0.3 is 14.6 Å². The molecule has 0 aliphatic carbocycles. The lowest BCUT2D eigenvalue weighted by Gasteiger charge is -2.35. The standard InChI is InChI=1S/C18H16BrF3N4O2/c19-14(11-27)15-5-6-16(24-23-15)25-7-9-26(10-8-25)17(28)12-3-1-2-4-13(12)18(20,21)22/h1-6,11,14H,7-10H2. The van der Waals surface area contributed by atoms with Gasteiger partial charge in [-0.25, -0.2) is 0 Å². The lowest BCUT2D eigenvalue weighted by Crippen LogP contribution is -2.49. The van der Waals surface area contributed by atoms with E-state index in [0.29, 0.717) is 30.9 Å². The first-order valence-corrected chi connectivity index (χ1v) is 9.36. The van der Waals surface area contributed by atoms with E-state index in [2.05, 4.69) is 26.1 Å². The van der Waals surface area contributed by atoms with Crippen molar-refractivity contribution in [2.24, 2.45) is 0 Å². The smallest absolute Gasteiger partial charge is 0.352 e. The topological polar surface area (TPSA) is 66.4 Å². The Hall–Kier alpha value is -2.49. The van der Waals surface area contributed by atoms with Gasteiger partial charge in [0.05, 0.1) is 16.8 Å². The van der Waals surface area contributed by atoms with E-state index in [1.165, 1.54) is 23.1 Å². The van der Waals surface area contributed by atoms with E-state index in [9.17, 15) is 22.8 Å². The summed E-state index contributed by atoms with van der Waals surface area (Å²) in [6, 6.07) is 8.20. The van der Waals surface area contributed by atoms with Gasteiger partial charge in [-0.1, -0.05) is 28.1 Å². The Morgan fingerprint density at radius 1 is 1.07 bits per heavy atom. The maximum atomic E-state index is 13.2. The van der Waals surface area contributed by atoms with Gasteiger partial charge in [-0.2, -0.15) is 18.3 Å². The highest BCUT2D eigenvalue weighted by atomic mass is 79.9. The van der Waals surface area contributed by atoms with Crippen LogP contribution in [0.1, 0.15) is 26.4 Å². The number of rotatable bonds is 4. The highest BCUT2D eigenvalue weighted by Crippen LogP contribution is 2.32. The fourth-order valence-corrected chi connectivity index (χ4v) is 3.19. The number of carbonyl (C=O) groups is 2. The second-order valence-electron chi connectivity index (χ2n) is 6.18. The first-order valence-electron chi connectivity index (χ1n) is 8.44. The number of amides is 1. The van der Waals surface area contributed by atoms with E-state index in [1.54, 1.807) is 12.1 Å². The lowest BCUT2D eigenvalue weighted by atomic mass is 10.1. The minimum Gasteiger partial charge on any atom is -0.352 e. The molecule has 1 saturated heterocycles. The number of aromatic nitrogens is 2. The largest absolute Gasteiger partial charge is 0.417 e. The second kappa shape index (κ2) is 8.26. The van der Waals surface area contributed by atoms with Crippen LogP contribution < -0.4 is 4.90 Å². The third kappa shape index (κ3) is 4.32. The molecule has 1 fully saturated rings. The van der Waals surface area contributed by atoms with Crippen LogP contribution in [-0.2, 0) is 11.0 Å². The zero-order valence-corrected chi connectivity index (χ0v) is 16.2. The molecule has 28 heavy (non-hydrogen) atoms. The molecule has 1 atom stereocenters. The van der Waals surface area contributed by atoms with E-state index in [0.717, 1.165) is 6.07 Å². The van der Waals surface area contributed by atoms with Crippen LogP contribution in [-0.4, -0.2) is 53.5 Å². The van der Waals surface area contributed by atoms with Crippen molar-refractivity contribution in [3.8, 4) is 0 Å². The average molecular weight is 457 g/mol. The van der Waals surface area contributed by atoms with Gasteiger partial charge in [-0.3, -0.25) is 4.79 Å². The van der Waals surface area contributed by atoms with Crippen LogP contribution in [0.4, 0.5) is 19.0 Å². The first kappa shape index (κ1) is 20.2. The number of halogens is 4. The van der Waals surface area contributed by atoms with Gasteiger partial charge >= 0.3 is 6.18 Å². The quantitative estimate of drug-likeness (QED) is 0.522. The molecule has 1 aromatic carbocycles. The molecule has 1 amide bonds. The number of aldehydes is 1. The summed E-state index contributed by atoms with van der Waals surface area (Å²) in [6.45, 7) is 1.37. The van der Waals surface area contributed by atoms with Crippen LogP contribution in [0, 0.1) is 0 Å². The van der Waals surface area contributed by atoms with Crippen molar-refractivity contribution in [2.45, 2.75) is 11.0 Å². The highest BCUT2D eigenvalue weighted by Gasteiger charge is 2.36. The molecular weight excluding hydrogens is 441 g/mol. The van der Waals surface area contributed by atoms with Gasteiger partial charge in [0, 0.05) is 26.2 Å². The Balaban J connectivity index is 1.67. The highest BCUT2D eigenvalue weighted by molar-refractivity contribution is 9.09. The van der Waals surface area contributed by atoms with Gasteiger partial charge in [0.1, 0.15) is 11.1 Å². The fraction of sp³-hybridized carbons (Fsp3) is 0.333. The summed E-state index contributed by atoms with van der Waals surface area (Å²) in [5.41, 5.74) is -0.787. The van der Waals surface area contributed by atoms with E-state index >= 15 is 0 Å². The maximum Gasteiger partial charge on any atom is 0.417 e. The van der Waals surface area contributed by atoms with Crippen LogP contribution in [0.25, 0.3) is 0 Å². The molecule has 0 N–H and O–H groups in total. The Bertz CT molecular complexity index is 853. The van der Waals surface area contributed by atoms with Crippen LogP contribution in [0.15, 0.2) is 36.4 Å². The molecular formula is C18H16BrF3N4O2. The normalized spacial score (nSPS) is 16.0. The number of carbonyl (C=O) groups excluding carboxylic acids is 2. The van der Waals surface area contributed by atoms with Gasteiger partial charge in [-0.15, -0.1) is 5.10 Å². The molecule has 0 radical (unpaired) electrons. The van der Waals surface area contributed by atoms with Crippen molar-refractivity contribution >= 4 is 33.9 Å². The van der Waals surface area contributed by atoms with Crippen LogP contribution >= 0.6 is 15.9 Å². The molecule has 6 nitrogen and oxygen atoms in total. The summed E-state index contributed by atoms with van der Waals surface area (Å²) in [7, 11) is 0. The molecule has 10 heteroatoms. The zero-order chi connectivity index (χ0) is 20.3. The van der Waals surface area contributed by atoms with E-state index in [4.69, 9.17) is 0 Å². The summed E-state index contributed by atoms with van der Waals surface area (Å²) < 4.78 is 39.5. The summed E-state index contributed by atoms with van der Waals surface area (Å²) in [5, 5.41) is 8.07. The van der Waals surface area contributed by atoms with E-state index in [1.807, 2.05) is 4.90 Å². The third-order valence-electron chi connectivity index (χ3n) is 4.43. The molecule has 1 aliphatic rings. The SMILES string of the molecule is O=CC(Br)c1ccc(N2CCN(C(=O)c3ccccc3C(F)(F)F)CC2)nn1. The van der Waals surface area contributed by atoms with Crippen LogP contribution in [0.5, 0.6) is 0 Å². The molecule has 2 aromatic rings. The monoisotopic (exact) mass is 456 g/mol. The summed E-state index contributed by atoms with van der Waals surface area (Å²) in [4.78, 5) is 26.1. The van der Waals surface area contributed by atoms with Crippen molar-refractivity contribution in [2.75, 3.05) is 31.1 Å². The molecule has 1 aromatic heterocycles. The molecule has 1 aliphatic heterocycles. The maximum absolute atomic E-state index is 13.2. The third-order valence-corrected chi connectivity index (χ3v) is 5.11. The first-order chi connectivity index (χ1) is 13.3. The number of nitrogens with zero attached hydrogens (tertiary/aromatic N) is 4. The number of piperazine rings is 1. The second-order valence-corrected chi connectivity index (χ2v) is 7.16. The Morgan fingerprint density at radius 3 is 2.32 bits per heavy atom. The average Bonchev–Trinajstić information content (AvgIpc) is 2.72. The Morgan fingerprint density at radius 2 is 1.75 bits per heavy atom. The van der Waals surface area contributed by atoms with Crippen molar-refractivity contribution in [3.63, 3.8) is 0 Å². The van der Waals surface area contributed by atoms with Gasteiger partial charge in [0.15, 0.2) is 5.82 Å². The minimum absolute atomic E-state index is 0.268. The Labute approximate surface area is 167 Å². The van der Waals surface area contributed by atoms with E-state index in [-0.39, 0.29) is 18.7 Å². The number of alkyl halides is 4. The number of hydrogen-bond acceptors (Lipinski definition) is 5. The molecule has 1 unspecified atom stereocenters. The minimum atomic E-state index is -4.58. The lowest BCUT2D eigenvalue weighted by molar-refractivity contribution is -0.138. The number of anilines is 1. The van der Waals surface area contributed by atoms with Crippen molar-refractivity contribution in [3.05, 3.63) is 53.2 Å². The molecule has 0 bridgehead atoms. The Kier molecular flexibility index (Phi) is 5.97. The summed E-state index contributed by atoms with van der Waals surface area (Å²) in [6.07, 6.45) is -3.88. The van der Waals surface area contributed by atoms with Gasteiger partial charge in [-0.05, 0) is 24.3 Å². The molecule has 0 saturated carbocycles. The number of hydrogen-bond donors (Lipinski definition) is 0. The molecule has 2 heterocycles.